The average Bonchev–Trinajstić information content (AvgIpc) is 2.80. The number of hydrogen-bond donors (Lipinski definition) is 1. The molecule has 16 heavy (non-hydrogen) atoms. The van der Waals surface area contributed by atoms with Gasteiger partial charge >= 0.3 is 0 Å². The lowest BCUT2D eigenvalue weighted by molar-refractivity contribution is 0.189. The molecule has 0 aliphatic carbocycles. The lowest BCUT2D eigenvalue weighted by Crippen LogP contribution is -2.40. The fraction of sp³-hybridized carbons (Fsp3) is 0.750. The zero-order chi connectivity index (χ0) is 11.4. The molecule has 4 heteroatoms. The molecule has 0 aromatic carbocycles. The van der Waals surface area contributed by atoms with E-state index in [1.807, 2.05) is 5.51 Å². The van der Waals surface area contributed by atoms with Crippen molar-refractivity contribution in [2.75, 3.05) is 20.1 Å². The van der Waals surface area contributed by atoms with Crippen molar-refractivity contribution in [3.8, 4) is 0 Å². The molecule has 1 aromatic heterocycles. The van der Waals surface area contributed by atoms with E-state index in [0.717, 1.165) is 12.5 Å². The van der Waals surface area contributed by atoms with Crippen molar-refractivity contribution >= 4 is 11.3 Å². The van der Waals surface area contributed by atoms with Gasteiger partial charge in [0.05, 0.1) is 11.2 Å². The van der Waals surface area contributed by atoms with E-state index in [2.05, 4.69) is 34.6 Å². The minimum atomic E-state index is 0.607. The molecule has 1 aliphatic heterocycles. The first-order valence-electron chi connectivity index (χ1n) is 6.04. The largest absolute Gasteiger partial charge is 0.308 e. The van der Waals surface area contributed by atoms with E-state index < -0.39 is 0 Å². The highest BCUT2D eigenvalue weighted by Gasteiger charge is 2.21. The normalized spacial score (nSPS) is 21.1. The summed E-state index contributed by atoms with van der Waals surface area (Å²) in [7, 11) is 2.21. The number of nitrogens with zero attached hydrogens (tertiary/aromatic N) is 2. The van der Waals surface area contributed by atoms with Gasteiger partial charge in [0, 0.05) is 18.0 Å². The molecule has 0 spiro atoms. The molecule has 3 nitrogen and oxygen atoms in total. The summed E-state index contributed by atoms with van der Waals surface area (Å²) < 4.78 is 0. The SMILES string of the molecule is CC(NCc1cscn1)C1CCN(C)CC1. The van der Waals surface area contributed by atoms with E-state index >= 15 is 0 Å². The number of nitrogens with one attached hydrogen (secondary N) is 1. The molecule has 1 aromatic rings. The molecule has 1 fully saturated rings. The summed E-state index contributed by atoms with van der Waals surface area (Å²) in [4.78, 5) is 6.71. The van der Waals surface area contributed by atoms with Crippen LogP contribution in [0.3, 0.4) is 0 Å². The molecular weight excluding hydrogens is 218 g/mol. The molecule has 2 heterocycles. The molecular formula is C12H21N3S. The van der Waals surface area contributed by atoms with Crippen LogP contribution in [0.5, 0.6) is 0 Å². The van der Waals surface area contributed by atoms with Gasteiger partial charge in [0.25, 0.3) is 0 Å². The van der Waals surface area contributed by atoms with Crippen LogP contribution >= 0.6 is 11.3 Å². The molecule has 0 amide bonds. The predicted octanol–water partition coefficient (Wildman–Crippen LogP) is 1.96. The smallest absolute Gasteiger partial charge is 0.0795 e. The van der Waals surface area contributed by atoms with Crippen LogP contribution in [0.2, 0.25) is 0 Å². The Kier molecular flexibility index (Phi) is 4.32. The Balaban J connectivity index is 1.73. The fourth-order valence-electron chi connectivity index (χ4n) is 2.29. The summed E-state index contributed by atoms with van der Waals surface area (Å²) in [5.41, 5.74) is 3.07. The number of aromatic nitrogens is 1. The van der Waals surface area contributed by atoms with Crippen molar-refractivity contribution in [3.63, 3.8) is 0 Å². The van der Waals surface area contributed by atoms with E-state index in [1.54, 1.807) is 11.3 Å². The minimum absolute atomic E-state index is 0.607. The maximum absolute atomic E-state index is 4.29. The van der Waals surface area contributed by atoms with Gasteiger partial charge in [-0.1, -0.05) is 0 Å². The molecule has 0 radical (unpaired) electrons. The molecule has 2 rings (SSSR count). The van der Waals surface area contributed by atoms with E-state index in [0.29, 0.717) is 6.04 Å². The lowest BCUT2D eigenvalue weighted by atomic mass is 9.90. The van der Waals surface area contributed by atoms with Gasteiger partial charge in [-0.2, -0.15) is 0 Å². The summed E-state index contributed by atoms with van der Waals surface area (Å²) >= 11 is 1.67. The average molecular weight is 239 g/mol. The van der Waals surface area contributed by atoms with E-state index in [4.69, 9.17) is 0 Å². The van der Waals surface area contributed by atoms with Crippen LogP contribution in [0.4, 0.5) is 0 Å². The summed E-state index contributed by atoms with van der Waals surface area (Å²) in [6, 6.07) is 0.607. The van der Waals surface area contributed by atoms with Gasteiger partial charge in [0.15, 0.2) is 0 Å². The van der Waals surface area contributed by atoms with Gasteiger partial charge in [-0.15, -0.1) is 11.3 Å². The Morgan fingerprint density at radius 1 is 1.56 bits per heavy atom. The third-order valence-corrected chi connectivity index (χ3v) is 4.19. The van der Waals surface area contributed by atoms with Crippen molar-refractivity contribution in [1.82, 2.24) is 15.2 Å². The first-order chi connectivity index (χ1) is 7.75. The quantitative estimate of drug-likeness (QED) is 0.870. The highest BCUT2D eigenvalue weighted by Crippen LogP contribution is 2.19. The Hall–Kier alpha value is -0.450. The van der Waals surface area contributed by atoms with Crippen LogP contribution < -0.4 is 5.32 Å². The van der Waals surface area contributed by atoms with Gasteiger partial charge in [-0.05, 0) is 45.8 Å². The van der Waals surface area contributed by atoms with Crippen LogP contribution in [0, 0.1) is 5.92 Å². The summed E-state index contributed by atoms with van der Waals surface area (Å²) in [5, 5.41) is 5.71. The van der Waals surface area contributed by atoms with Crippen molar-refractivity contribution in [2.24, 2.45) is 5.92 Å². The van der Waals surface area contributed by atoms with Crippen molar-refractivity contribution in [1.29, 1.82) is 0 Å². The predicted molar refractivity (Wildman–Crippen MR) is 68.6 cm³/mol. The Labute approximate surface area is 102 Å². The third-order valence-electron chi connectivity index (χ3n) is 3.56. The van der Waals surface area contributed by atoms with E-state index in [1.165, 1.54) is 31.6 Å². The molecule has 1 saturated heterocycles. The van der Waals surface area contributed by atoms with Crippen LogP contribution in [-0.4, -0.2) is 36.1 Å². The van der Waals surface area contributed by atoms with Crippen LogP contribution in [0.15, 0.2) is 10.9 Å². The number of thiazole rings is 1. The molecule has 90 valence electrons. The van der Waals surface area contributed by atoms with Crippen LogP contribution in [0.25, 0.3) is 0 Å². The van der Waals surface area contributed by atoms with Crippen LogP contribution in [-0.2, 0) is 6.54 Å². The summed E-state index contributed by atoms with van der Waals surface area (Å²) in [5.74, 6) is 0.829. The summed E-state index contributed by atoms with van der Waals surface area (Å²) in [6.07, 6.45) is 2.64. The number of likely N-dealkylation sites (tertiary alicyclic amines) is 1. The molecule has 1 N–H and O–H groups in total. The number of hydrogen-bond acceptors (Lipinski definition) is 4. The van der Waals surface area contributed by atoms with Crippen molar-refractivity contribution in [3.05, 3.63) is 16.6 Å². The van der Waals surface area contributed by atoms with Gasteiger partial charge in [0.2, 0.25) is 0 Å². The van der Waals surface area contributed by atoms with Gasteiger partial charge in [-0.25, -0.2) is 4.98 Å². The zero-order valence-corrected chi connectivity index (χ0v) is 11.0. The van der Waals surface area contributed by atoms with Crippen molar-refractivity contribution in [2.45, 2.75) is 32.4 Å². The number of piperidine rings is 1. The Morgan fingerprint density at radius 2 is 2.31 bits per heavy atom. The summed E-state index contributed by atoms with van der Waals surface area (Å²) in [6.45, 7) is 5.71. The Morgan fingerprint density at radius 3 is 2.94 bits per heavy atom. The highest BCUT2D eigenvalue weighted by atomic mass is 32.1. The first-order valence-corrected chi connectivity index (χ1v) is 6.99. The topological polar surface area (TPSA) is 28.2 Å². The highest BCUT2D eigenvalue weighted by molar-refractivity contribution is 7.07. The molecule has 1 atom stereocenters. The minimum Gasteiger partial charge on any atom is -0.308 e. The molecule has 0 saturated carbocycles. The second-order valence-electron chi connectivity index (χ2n) is 4.79. The number of rotatable bonds is 4. The third kappa shape index (κ3) is 3.27. The van der Waals surface area contributed by atoms with E-state index in [-0.39, 0.29) is 0 Å². The molecule has 0 bridgehead atoms. The van der Waals surface area contributed by atoms with Crippen LogP contribution in [0.1, 0.15) is 25.5 Å². The van der Waals surface area contributed by atoms with Gasteiger partial charge in [-0.3, -0.25) is 0 Å². The van der Waals surface area contributed by atoms with Gasteiger partial charge in [0.1, 0.15) is 0 Å². The standard InChI is InChI=1S/C12H21N3S/c1-10(11-3-5-15(2)6-4-11)13-7-12-8-16-9-14-12/h8-11,13H,3-7H2,1-2H3. The second-order valence-corrected chi connectivity index (χ2v) is 5.51. The monoisotopic (exact) mass is 239 g/mol. The molecule has 1 unspecified atom stereocenters. The molecule has 1 aliphatic rings. The first kappa shape index (κ1) is 12.0. The maximum atomic E-state index is 4.29. The maximum Gasteiger partial charge on any atom is 0.0795 e. The van der Waals surface area contributed by atoms with Gasteiger partial charge < -0.3 is 10.2 Å². The Bertz CT molecular complexity index is 291. The zero-order valence-electron chi connectivity index (χ0n) is 10.1. The van der Waals surface area contributed by atoms with Crippen molar-refractivity contribution < 1.29 is 0 Å². The second kappa shape index (κ2) is 5.75. The fourth-order valence-corrected chi connectivity index (χ4v) is 2.84. The lowest BCUT2D eigenvalue weighted by Gasteiger charge is -2.33. The van der Waals surface area contributed by atoms with E-state index in [9.17, 15) is 0 Å².